The number of hydrogen-bond donors (Lipinski definition) is 0. The first kappa shape index (κ1) is 10.6. The Morgan fingerprint density at radius 2 is 1.71 bits per heavy atom. The third kappa shape index (κ3) is 2.79. The van der Waals surface area contributed by atoms with E-state index in [1.165, 1.54) is 0 Å². The Balaban J connectivity index is 2.96. The van der Waals surface area contributed by atoms with Crippen molar-refractivity contribution in [1.82, 2.24) is 9.97 Å². The smallest absolute Gasteiger partial charge is 0.386 e. The second-order valence-corrected chi connectivity index (χ2v) is 2.10. The van der Waals surface area contributed by atoms with Gasteiger partial charge in [0.25, 0.3) is 6.43 Å². The predicted molar refractivity (Wildman–Crippen MR) is 33.7 cm³/mol. The summed E-state index contributed by atoms with van der Waals surface area (Å²) in [5.74, 6) is -1.23. The Morgan fingerprint density at radius 1 is 1.14 bits per heavy atom. The fourth-order valence-electron chi connectivity index (χ4n) is 0.674. The van der Waals surface area contributed by atoms with Crippen LogP contribution < -0.4 is 4.74 Å². The number of halogens is 5. The van der Waals surface area contributed by atoms with Crippen molar-refractivity contribution in [2.75, 3.05) is 0 Å². The van der Waals surface area contributed by atoms with Crippen LogP contribution in [-0.4, -0.2) is 16.3 Å². The predicted octanol–water partition coefficient (Wildman–Crippen LogP) is 2.31. The summed E-state index contributed by atoms with van der Waals surface area (Å²) in [5.41, 5.74) is -1.13. The van der Waals surface area contributed by atoms with Crippen LogP contribution in [0.3, 0.4) is 0 Å². The third-order valence-electron chi connectivity index (χ3n) is 1.11. The summed E-state index contributed by atoms with van der Waals surface area (Å²) in [6.45, 7) is 0. The summed E-state index contributed by atoms with van der Waals surface area (Å²) in [4.78, 5) is 6.03. The van der Waals surface area contributed by atoms with Crippen molar-refractivity contribution in [1.29, 1.82) is 0 Å². The molecule has 0 aliphatic carbocycles. The number of rotatable bonds is 2. The molecule has 14 heavy (non-hydrogen) atoms. The zero-order valence-electron chi connectivity index (χ0n) is 6.42. The van der Waals surface area contributed by atoms with E-state index in [2.05, 4.69) is 14.7 Å². The summed E-state index contributed by atoms with van der Waals surface area (Å²) >= 11 is 0. The van der Waals surface area contributed by atoms with Gasteiger partial charge in [0.2, 0.25) is 5.88 Å². The van der Waals surface area contributed by atoms with Crippen LogP contribution in [0.25, 0.3) is 0 Å². The first-order valence-electron chi connectivity index (χ1n) is 3.25. The van der Waals surface area contributed by atoms with E-state index in [4.69, 9.17) is 0 Å². The molecule has 1 aromatic heterocycles. The average molecular weight is 214 g/mol. The number of alkyl halides is 5. The minimum absolute atomic E-state index is 0.826. The van der Waals surface area contributed by atoms with Crippen LogP contribution in [0.2, 0.25) is 0 Å². The fourth-order valence-corrected chi connectivity index (χ4v) is 0.674. The lowest BCUT2D eigenvalue weighted by Crippen LogP contribution is -2.19. The molecule has 78 valence electrons. The molecule has 0 radical (unpaired) electrons. The van der Waals surface area contributed by atoms with Crippen LogP contribution in [0.4, 0.5) is 22.0 Å². The lowest BCUT2D eigenvalue weighted by Gasteiger charge is -2.09. The van der Waals surface area contributed by atoms with Crippen LogP contribution in [-0.2, 0) is 0 Å². The maximum absolute atomic E-state index is 12.1. The van der Waals surface area contributed by atoms with Gasteiger partial charge in [-0.15, -0.1) is 13.2 Å². The van der Waals surface area contributed by atoms with Gasteiger partial charge in [-0.25, -0.2) is 18.7 Å². The van der Waals surface area contributed by atoms with Gasteiger partial charge in [-0.3, -0.25) is 0 Å². The molecule has 0 atom stereocenters. The van der Waals surface area contributed by atoms with Crippen molar-refractivity contribution in [2.24, 2.45) is 0 Å². The molecule has 0 aliphatic rings. The normalized spacial score (nSPS) is 11.9. The van der Waals surface area contributed by atoms with E-state index in [0.29, 0.717) is 0 Å². The van der Waals surface area contributed by atoms with Crippen LogP contribution >= 0.6 is 0 Å². The average Bonchev–Trinajstić information content (AvgIpc) is 2.01. The molecule has 1 aromatic rings. The van der Waals surface area contributed by atoms with Crippen LogP contribution in [0, 0.1) is 0 Å². The van der Waals surface area contributed by atoms with Gasteiger partial charge < -0.3 is 4.74 Å². The molecular weight excluding hydrogens is 211 g/mol. The summed E-state index contributed by atoms with van der Waals surface area (Å²) in [5, 5.41) is 0. The zero-order chi connectivity index (χ0) is 10.8. The highest BCUT2D eigenvalue weighted by atomic mass is 19.4. The molecule has 0 spiro atoms. The Morgan fingerprint density at radius 3 is 2.21 bits per heavy atom. The SMILES string of the molecule is FC(F)c1nccnc1OC(F)(F)F. The van der Waals surface area contributed by atoms with E-state index in [0.717, 1.165) is 12.4 Å². The highest BCUT2D eigenvalue weighted by Crippen LogP contribution is 2.28. The van der Waals surface area contributed by atoms with Gasteiger partial charge in [0.15, 0.2) is 5.69 Å². The third-order valence-corrected chi connectivity index (χ3v) is 1.11. The van der Waals surface area contributed by atoms with Crippen LogP contribution in [0.5, 0.6) is 5.88 Å². The first-order valence-corrected chi connectivity index (χ1v) is 3.25. The van der Waals surface area contributed by atoms with Crippen molar-refractivity contribution in [3.63, 3.8) is 0 Å². The van der Waals surface area contributed by atoms with Crippen molar-refractivity contribution >= 4 is 0 Å². The van der Waals surface area contributed by atoms with Gasteiger partial charge in [0, 0.05) is 12.4 Å². The van der Waals surface area contributed by atoms with Crippen molar-refractivity contribution in [2.45, 2.75) is 12.8 Å². The van der Waals surface area contributed by atoms with Gasteiger partial charge in [-0.05, 0) is 0 Å². The number of aromatic nitrogens is 2. The monoisotopic (exact) mass is 214 g/mol. The zero-order valence-corrected chi connectivity index (χ0v) is 6.42. The van der Waals surface area contributed by atoms with Gasteiger partial charge >= 0.3 is 6.36 Å². The molecule has 1 heterocycles. The second kappa shape index (κ2) is 3.72. The van der Waals surface area contributed by atoms with Crippen molar-refractivity contribution in [3.05, 3.63) is 18.1 Å². The Hall–Kier alpha value is -1.47. The highest BCUT2D eigenvalue weighted by Gasteiger charge is 2.34. The standard InChI is InChI=1S/C6H3F5N2O/c7-4(8)3-5(13-2-1-12-3)14-6(9,10)11/h1-2,4H. The molecule has 0 amide bonds. The lowest BCUT2D eigenvalue weighted by molar-refractivity contribution is -0.276. The molecule has 0 unspecified atom stereocenters. The van der Waals surface area contributed by atoms with Gasteiger partial charge in [0.05, 0.1) is 0 Å². The Bertz CT molecular complexity index is 313. The summed E-state index contributed by atoms with van der Waals surface area (Å²) in [6.07, 6.45) is -6.54. The molecule has 0 saturated heterocycles. The van der Waals surface area contributed by atoms with E-state index in [9.17, 15) is 22.0 Å². The number of nitrogens with zero attached hydrogens (tertiary/aromatic N) is 2. The van der Waals surface area contributed by atoms with Crippen molar-refractivity contribution in [3.8, 4) is 5.88 Å². The molecule has 0 aromatic carbocycles. The highest BCUT2D eigenvalue weighted by molar-refractivity contribution is 5.18. The molecule has 0 fully saturated rings. The maximum Gasteiger partial charge on any atom is 0.574 e. The van der Waals surface area contributed by atoms with Gasteiger partial charge in [-0.2, -0.15) is 0 Å². The number of ether oxygens (including phenoxy) is 1. The van der Waals surface area contributed by atoms with Gasteiger partial charge in [-0.1, -0.05) is 0 Å². The molecule has 0 bridgehead atoms. The van der Waals surface area contributed by atoms with Crippen LogP contribution in [0.15, 0.2) is 12.4 Å². The minimum Gasteiger partial charge on any atom is -0.386 e. The molecular formula is C6H3F5N2O. The lowest BCUT2D eigenvalue weighted by atomic mass is 10.4. The Kier molecular flexibility index (Phi) is 2.82. The fraction of sp³-hybridized carbons (Fsp3) is 0.333. The summed E-state index contributed by atoms with van der Waals surface area (Å²) in [7, 11) is 0. The van der Waals surface area contributed by atoms with Crippen molar-refractivity contribution < 1.29 is 26.7 Å². The molecule has 3 nitrogen and oxygen atoms in total. The Labute approximate surface area is 74.5 Å². The second-order valence-electron chi connectivity index (χ2n) is 2.10. The molecule has 8 heteroatoms. The topological polar surface area (TPSA) is 35.0 Å². The molecule has 0 N–H and O–H groups in total. The van der Waals surface area contributed by atoms with E-state index in [1.807, 2.05) is 0 Å². The van der Waals surface area contributed by atoms with E-state index in [1.54, 1.807) is 0 Å². The van der Waals surface area contributed by atoms with E-state index < -0.39 is 24.4 Å². The number of hydrogen-bond acceptors (Lipinski definition) is 3. The van der Waals surface area contributed by atoms with Crippen LogP contribution in [0.1, 0.15) is 12.1 Å². The maximum atomic E-state index is 12.1. The minimum atomic E-state index is -5.06. The quantitative estimate of drug-likeness (QED) is 0.708. The largest absolute Gasteiger partial charge is 0.574 e. The first-order chi connectivity index (χ1) is 6.40. The molecule has 0 aliphatic heterocycles. The molecule has 1 rings (SSSR count). The van der Waals surface area contributed by atoms with E-state index >= 15 is 0 Å². The van der Waals surface area contributed by atoms with E-state index in [-0.39, 0.29) is 0 Å². The van der Waals surface area contributed by atoms with Gasteiger partial charge in [0.1, 0.15) is 0 Å². The molecule has 0 saturated carbocycles. The summed E-state index contributed by atoms with van der Waals surface area (Å²) in [6, 6.07) is 0. The summed E-state index contributed by atoms with van der Waals surface area (Å²) < 4.78 is 62.3.